The van der Waals surface area contributed by atoms with Gasteiger partial charge in [0.05, 0.1) is 11.6 Å². The number of rotatable bonds is 8. The Labute approximate surface area is 120 Å². The summed E-state index contributed by atoms with van der Waals surface area (Å²) in [6, 6.07) is 7.92. The third kappa shape index (κ3) is 6.00. The molecule has 1 unspecified atom stereocenters. The van der Waals surface area contributed by atoms with Crippen LogP contribution in [-0.2, 0) is 6.42 Å². The maximum absolute atomic E-state index is 9.02. The zero-order valence-electron chi connectivity index (χ0n) is 11.5. The Morgan fingerprint density at radius 2 is 2.05 bits per heavy atom. The molecular weight excluding hydrogens is 260 g/mol. The van der Waals surface area contributed by atoms with Gasteiger partial charge in [-0.2, -0.15) is 0 Å². The fourth-order valence-electron chi connectivity index (χ4n) is 1.57. The average Bonchev–Trinajstić information content (AvgIpc) is 2.39. The zero-order chi connectivity index (χ0) is 14.3. The van der Waals surface area contributed by atoms with Gasteiger partial charge < -0.3 is 15.6 Å². The lowest BCUT2D eigenvalue weighted by molar-refractivity contribution is 0.140. The van der Waals surface area contributed by atoms with E-state index in [0.717, 1.165) is 17.9 Å². The van der Waals surface area contributed by atoms with Crippen LogP contribution in [0, 0.1) is 0 Å². The summed E-state index contributed by atoms with van der Waals surface area (Å²) in [5.41, 5.74) is 6.58. The second kappa shape index (κ2) is 8.09. The van der Waals surface area contributed by atoms with Gasteiger partial charge in [0.15, 0.2) is 0 Å². The Morgan fingerprint density at radius 3 is 2.58 bits per heavy atom. The number of thiocarbonyl (C=S) groups is 1. The summed E-state index contributed by atoms with van der Waals surface area (Å²) in [5, 5.41) is 9.02. The summed E-state index contributed by atoms with van der Waals surface area (Å²) >= 11 is 4.87. The number of aliphatic hydroxyl groups excluding tert-OH is 1. The Kier molecular flexibility index (Phi) is 6.77. The highest BCUT2D eigenvalue weighted by molar-refractivity contribution is 7.80. The maximum Gasteiger partial charge on any atom is 0.119 e. The maximum atomic E-state index is 9.02. The van der Waals surface area contributed by atoms with Crippen molar-refractivity contribution in [1.29, 1.82) is 0 Å². The lowest BCUT2D eigenvalue weighted by atomic mass is 10.1. The molecule has 4 nitrogen and oxygen atoms in total. The fourth-order valence-corrected chi connectivity index (χ4v) is 1.74. The van der Waals surface area contributed by atoms with E-state index in [9.17, 15) is 0 Å². The van der Waals surface area contributed by atoms with E-state index in [1.807, 2.05) is 38.2 Å². The summed E-state index contributed by atoms with van der Waals surface area (Å²) in [6.45, 7) is 3.50. The van der Waals surface area contributed by atoms with Crippen molar-refractivity contribution in [2.24, 2.45) is 5.73 Å². The summed E-state index contributed by atoms with van der Waals surface area (Å²) in [5.74, 6) is 0.830. The van der Waals surface area contributed by atoms with Crippen LogP contribution in [0.2, 0.25) is 0 Å². The SMILES string of the molecule is CC(CO)N(C)CCOc1ccc(CC(N)=S)cc1. The van der Waals surface area contributed by atoms with Crippen LogP contribution in [0.3, 0.4) is 0 Å². The van der Waals surface area contributed by atoms with E-state index >= 15 is 0 Å². The summed E-state index contributed by atoms with van der Waals surface area (Å²) < 4.78 is 5.64. The van der Waals surface area contributed by atoms with E-state index in [1.54, 1.807) is 0 Å². The smallest absolute Gasteiger partial charge is 0.119 e. The highest BCUT2D eigenvalue weighted by Crippen LogP contribution is 2.12. The fraction of sp³-hybridized carbons (Fsp3) is 0.500. The highest BCUT2D eigenvalue weighted by atomic mass is 32.1. The molecule has 0 heterocycles. The summed E-state index contributed by atoms with van der Waals surface area (Å²) in [4.78, 5) is 2.55. The zero-order valence-corrected chi connectivity index (χ0v) is 12.3. The predicted octanol–water partition coefficient (Wildman–Crippen LogP) is 1.21. The molecule has 0 radical (unpaired) electrons. The molecule has 0 aliphatic heterocycles. The molecule has 0 saturated carbocycles. The molecule has 0 saturated heterocycles. The monoisotopic (exact) mass is 282 g/mol. The standard InChI is InChI=1S/C14H22N2O2S/c1-11(10-17)16(2)7-8-18-13-5-3-12(4-6-13)9-14(15)19/h3-6,11,17H,7-10H2,1-2H3,(H2,15,19). The van der Waals surface area contributed by atoms with Gasteiger partial charge in [-0.15, -0.1) is 0 Å². The number of aliphatic hydroxyl groups is 1. The van der Waals surface area contributed by atoms with Crippen molar-refractivity contribution < 1.29 is 9.84 Å². The minimum atomic E-state index is 0.150. The van der Waals surface area contributed by atoms with E-state index in [4.69, 9.17) is 27.8 Å². The Hall–Kier alpha value is -1.17. The Balaban J connectivity index is 2.35. The minimum absolute atomic E-state index is 0.150. The molecule has 0 aromatic heterocycles. The van der Waals surface area contributed by atoms with Crippen molar-refractivity contribution in [2.75, 3.05) is 26.8 Å². The first-order chi connectivity index (χ1) is 9.02. The Bertz CT molecular complexity index is 395. The lowest BCUT2D eigenvalue weighted by Crippen LogP contribution is -2.35. The molecule has 0 amide bonds. The van der Waals surface area contributed by atoms with Crippen LogP contribution in [0.4, 0.5) is 0 Å². The normalized spacial score (nSPS) is 12.4. The van der Waals surface area contributed by atoms with Crippen LogP contribution in [0.1, 0.15) is 12.5 Å². The number of nitrogens with two attached hydrogens (primary N) is 1. The number of nitrogens with zero attached hydrogens (tertiary/aromatic N) is 1. The molecule has 0 fully saturated rings. The first-order valence-electron chi connectivity index (χ1n) is 6.34. The molecule has 0 spiro atoms. The van der Waals surface area contributed by atoms with Crippen LogP contribution < -0.4 is 10.5 Å². The molecule has 19 heavy (non-hydrogen) atoms. The van der Waals surface area contributed by atoms with Gasteiger partial charge in [-0.25, -0.2) is 0 Å². The van der Waals surface area contributed by atoms with Gasteiger partial charge in [-0.05, 0) is 31.7 Å². The van der Waals surface area contributed by atoms with Crippen molar-refractivity contribution in [3.05, 3.63) is 29.8 Å². The predicted molar refractivity (Wildman–Crippen MR) is 81.6 cm³/mol. The van der Waals surface area contributed by atoms with Gasteiger partial charge in [0, 0.05) is 19.0 Å². The van der Waals surface area contributed by atoms with Gasteiger partial charge in [-0.3, -0.25) is 4.90 Å². The number of benzene rings is 1. The van der Waals surface area contributed by atoms with E-state index in [1.165, 1.54) is 0 Å². The average molecular weight is 282 g/mol. The molecule has 1 atom stereocenters. The number of hydrogen-bond donors (Lipinski definition) is 2. The molecule has 1 aromatic carbocycles. The molecule has 106 valence electrons. The van der Waals surface area contributed by atoms with Crippen molar-refractivity contribution in [3.8, 4) is 5.75 Å². The topological polar surface area (TPSA) is 58.7 Å². The van der Waals surface area contributed by atoms with Crippen LogP contribution in [0.5, 0.6) is 5.75 Å². The van der Waals surface area contributed by atoms with Gasteiger partial charge in [0.2, 0.25) is 0 Å². The van der Waals surface area contributed by atoms with Crippen molar-refractivity contribution >= 4 is 17.2 Å². The first kappa shape index (κ1) is 15.9. The first-order valence-corrected chi connectivity index (χ1v) is 6.75. The van der Waals surface area contributed by atoms with Crippen LogP contribution in [0.25, 0.3) is 0 Å². The van der Waals surface area contributed by atoms with Gasteiger partial charge in [0.25, 0.3) is 0 Å². The third-order valence-electron chi connectivity index (χ3n) is 3.03. The highest BCUT2D eigenvalue weighted by Gasteiger charge is 2.07. The van der Waals surface area contributed by atoms with Crippen LogP contribution in [-0.4, -0.2) is 47.8 Å². The van der Waals surface area contributed by atoms with Crippen molar-refractivity contribution in [1.82, 2.24) is 4.90 Å². The number of ether oxygens (including phenoxy) is 1. The van der Waals surface area contributed by atoms with Crippen molar-refractivity contribution in [3.63, 3.8) is 0 Å². The number of hydrogen-bond acceptors (Lipinski definition) is 4. The summed E-state index contributed by atoms with van der Waals surface area (Å²) in [6.07, 6.45) is 0.617. The Morgan fingerprint density at radius 1 is 1.42 bits per heavy atom. The molecular formula is C14H22N2O2S. The van der Waals surface area contributed by atoms with Crippen molar-refractivity contribution in [2.45, 2.75) is 19.4 Å². The van der Waals surface area contributed by atoms with E-state index < -0.39 is 0 Å². The molecule has 0 aliphatic rings. The number of likely N-dealkylation sites (N-methyl/N-ethyl adjacent to an activating group) is 1. The minimum Gasteiger partial charge on any atom is -0.492 e. The molecule has 1 aromatic rings. The van der Waals surface area contributed by atoms with Gasteiger partial charge in [-0.1, -0.05) is 24.4 Å². The second-order valence-electron chi connectivity index (χ2n) is 4.65. The van der Waals surface area contributed by atoms with Gasteiger partial charge >= 0.3 is 0 Å². The van der Waals surface area contributed by atoms with E-state index in [2.05, 4.69) is 4.90 Å². The van der Waals surface area contributed by atoms with Gasteiger partial charge in [0.1, 0.15) is 12.4 Å². The lowest BCUT2D eigenvalue weighted by Gasteiger charge is -2.22. The summed E-state index contributed by atoms with van der Waals surface area (Å²) in [7, 11) is 1.97. The van der Waals surface area contributed by atoms with Crippen LogP contribution in [0.15, 0.2) is 24.3 Å². The second-order valence-corrected chi connectivity index (χ2v) is 5.17. The third-order valence-corrected chi connectivity index (χ3v) is 3.18. The molecule has 0 aliphatic carbocycles. The van der Waals surface area contributed by atoms with Crippen LogP contribution >= 0.6 is 12.2 Å². The quantitative estimate of drug-likeness (QED) is 0.702. The molecule has 1 rings (SSSR count). The van der Waals surface area contributed by atoms with E-state index in [-0.39, 0.29) is 12.6 Å². The molecule has 3 N–H and O–H groups in total. The molecule has 0 bridgehead atoms. The largest absolute Gasteiger partial charge is 0.492 e. The van der Waals surface area contributed by atoms with E-state index in [0.29, 0.717) is 18.0 Å². The molecule has 5 heteroatoms.